The third-order valence-electron chi connectivity index (χ3n) is 3.69. The second-order valence-corrected chi connectivity index (χ2v) is 7.46. The van der Waals surface area contributed by atoms with E-state index >= 15 is 0 Å². The van der Waals surface area contributed by atoms with Gasteiger partial charge in [0.1, 0.15) is 16.2 Å². The van der Waals surface area contributed by atoms with E-state index in [1.165, 1.54) is 22.2 Å². The SMILES string of the molecule is Cc1ccccc1NC(=O)CSc1ncnc2sc(C)c(C)c12. The fourth-order valence-electron chi connectivity index (χ4n) is 2.29. The van der Waals surface area contributed by atoms with Gasteiger partial charge in [-0.05, 0) is 38.0 Å². The number of para-hydroxylation sites is 1. The predicted octanol–water partition coefficient (Wildman–Crippen LogP) is 4.35. The van der Waals surface area contributed by atoms with Crippen LogP contribution in [0.2, 0.25) is 0 Å². The summed E-state index contributed by atoms with van der Waals surface area (Å²) in [6, 6.07) is 7.77. The molecule has 0 saturated carbocycles. The van der Waals surface area contributed by atoms with Crippen LogP contribution >= 0.6 is 23.1 Å². The summed E-state index contributed by atoms with van der Waals surface area (Å²) in [5, 5.41) is 4.89. The van der Waals surface area contributed by atoms with Gasteiger partial charge in [-0.15, -0.1) is 11.3 Å². The van der Waals surface area contributed by atoms with Crippen molar-refractivity contribution in [2.45, 2.75) is 25.8 Å². The van der Waals surface area contributed by atoms with Crippen LogP contribution in [0.5, 0.6) is 0 Å². The van der Waals surface area contributed by atoms with Gasteiger partial charge in [-0.3, -0.25) is 4.79 Å². The van der Waals surface area contributed by atoms with Gasteiger partial charge in [-0.1, -0.05) is 30.0 Å². The summed E-state index contributed by atoms with van der Waals surface area (Å²) in [5.74, 6) is 0.301. The van der Waals surface area contributed by atoms with E-state index in [2.05, 4.69) is 29.1 Å². The van der Waals surface area contributed by atoms with Crippen LogP contribution in [0.15, 0.2) is 35.6 Å². The zero-order chi connectivity index (χ0) is 16.4. The third kappa shape index (κ3) is 3.38. The number of carbonyl (C=O) groups excluding carboxylic acids is 1. The van der Waals surface area contributed by atoms with Gasteiger partial charge in [-0.25, -0.2) is 9.97 Å². The van der Waals surface area contributed by atoms with Gasteiger partial charge in [0.15, 0.2) is 0 Å². The van der Waals surface area contributed by atoms with Crippen LogP contribution in [0.3, 0.4) is 0 Å². The molecule has 4 nitrogen and oxygen atoms in total. The molecule has 23 heavy (non-hydrogen) atoms. The molecular weight excluding hydrogens is 326 g/mol. The monoisotopic (exact) mass is 343 g/mol. The number of carbonyl (C=O) groups is 1. The Bertz CT molecular complexity index is 873. The van der Waals surface area contributed by atoms with Crippen LogP contribution < -0.4 is 5.32 Å². The molecule has 1 N–H and O–H groups in total. The molecule has 0 saturated heterocycles. The summed E-state index contributed by atoms with van der Waals surface area (Å²) in [4.78, 5) is 23.1. The fourth-order valence-corrected chi connectivity index (χ4v) is 4.21. The summed E-state index contributed by atoms with van der Waals surface area (Å²) < 4.78 is 0. The van der Waals surface area contributed by atoms with E-state index in [0.717, 1.165) is 26.5 Å². The number of anilines is 1. The van der Waals surface area contributed by atoms with E-state index in [0.29, 0.717) is 5.75 Å². The highest BCUT2D eigenvalue weighted by Gasteiger charge is 2.14. The van der Waals surface area contributed by atoms with Gasteiger partial charge in [0, 0.05) is 16.0 Å². The highest BCUT2D eigenvalue weighted by molar-refractivity contribution is 8.00. The third-order valence-corrected chi connectivity index (χ3v) is 5.79. The number of aryl methyl sites for hydroxylation is 3. The first-order valence-corrected chi connectivity index (χ1v) is 9.05. The van der Waals surface area contributed by atoms with Gasteiger partial charge in [0.25, 0.3) is 0 Å². The normalized spacial score (nSPS) is 10.9. The van der Waals surface area contributed by atoms with Crippen molar-refractivity contribution in [2.75, 3.05) is 11.1 Å². The van der Waals surface area contributed by atoms with E-state index in [4.69, 9.17) is 0 Å². The number of amides is 1. The lowest BCUT2D eigenvalue weighted by molar-refractivity contribution is -0.113. The molecule has 0 bridgehead atoms. The molecular formula is C17H17N3OS2. The number of hydrogen-bond acceptors (Lipinski definition) is 5. The van der Waals surface area contributed by atoms with E-state index in [9.17, 15) is 4.79 Å². The number of rotatable bonds is 4. The molecule has 0 fully saturated rings. The minimum absolute atomic E-state index is 0.0272. The smallest absolute Gasteiger partial charge is 0.234 e. The Balaban J connectivity index is 1.74. The Hall–Kier alpha value is -1.92. The summed E-state index contributed by atoms with van der Waals surface area (Å²) in [5.41, 5.74) is 3.11. The molecule has 0 aliphatic heterocycles. The molecule has 1 aromatic carbocycles. The molecule has 1 amide bonds. The zero-order valence-electron chi connectivity index (χ0n) is 13.2. The van der Waals surface area contributed by atoms with Crippen molar-refractivity contribution in [2.24, 2.45) is 0 Å². The fraction of sp³-hybridized carbons (Fsp3) is 0.235. The number of thioether (sulfide) groups is 1. The average molecular weight is 343 g/mol. The van der Waals surface area contributed by atoms with Crippen LogP contribution in [0.1, 0.15) is 16.0 Å². The van der Waals surface area contributed by atoms with E-state index in [1.54, 1.807) is 17.7 Å². The van der Waals surface area contributed by atoms with Crippen LogP contribution in [-0.2, 0) is 4.79 Å². The molecule has 0 unspecified atom stereocenters. The van der Waals surface area contributed by atoms with Gasteiger partial charge >= 0.3 is 0 Å². The lowest BCUT2D eigenvalue weighted by atomic mass is 10.2. The maximum atomic E-state index is 12.2. The standard InChI is InChI=1S/C17H17N3OS2/c1-10-6-4-5-7-13(10)20-14(21)8-22-16-15-11(2)12(3)23-17(15)19-9-18-16/h4-7,9H,8H2,1-3H3,(H,20,21). The van der Waals surface area contributed by atoms with E-state index < -0.39 is 0 Å². The number of nitrogens with one attached hydrogen (secondary N) is 1. The van der Waals surface area contributed by atoms with Crippen molar-refractivity contribution >= 4 is 44.9 Å². The Morgan fingerprint density at radius 1 is 1.22 bits per heavy atom. The van der Waals surface area contributed by atoms with Crippen molar-refractivity contribution in [3.63, 3.8) is 0 Å². The average Bonchev–Trinajstić information content (AvgIpc) is 2.83. The van der Waals surface area contributed by atoms with Gasteiger partial charge in [-0.2, -0.15) is 0 Å². The molecule has 0 atom stereocenters. The topological polar surface area (TPSA) is 54.9 Å². The Morgan fingerprint density at radius 2 is 2.00 bits per heavy atom. The van der Waals surface area contributed by atoms with Gasteiger partial charge in [0.05, 0.1) is 5.75 Å². The summed E-state index contributed by atoms with van der Waals surface area (Å²) in [6.45, 7) is 6.14. The van der Waals surface area contributed by atoms with Crippen LogP contribution in [0.25, 0.3) is 10.2 Å². The molecule has 3 aromatic rings. The molecule has 118 valence electrons. The second kappa shape index (κ2) is 6.68. The van der Waals surface area contributed by atoms with E-state index in [-0.39, 0.29) is 5.91 Å². The second-order valence-electron chi connectivity index (χ2n) is 5.29. The number of nitrogens with zero attached hydrogens (tertiary/aromatic N) is 2. The lowest BCUT2D eigenvalue weighted by Gasteiger charge is -2.08. The van der Waals surface area contributed by atoms with Gasteiger partial charge < -0.3 is 5.32 Å². The molecule has 0 aliphatic rings. The largest absolute Gasteiger partial charge is 0.325 e. The lowest BCUT2D eigenvalue weighted by Crippen LogP contribution is -2.14. The highest BCUT2D eigenvalue weighted by atomic mass is 32.2. The summed E-state index contributed by atoms with van der Waals surface area (Å²) in [6.07, 6.45) is 1.57. The first kappa shape index (κ1) is 16.0. The molecule has 3 rings (SSSR count). The molecule has 0 radical (unpaired) electrons. The van der Waals surface area contributed by atoms with Crippen molar-refractivity contribution in [1.82, 2.24) is 9.97 Å². The van der Waals surface area contributed by atoms with Crippen molar-refractivity contribution in [3.8, 4) is 0 Å². The zero-order valence-corrected chi connectivity index (χ0v) is 14.8. The Kier molecular flexibility index (Phi) is 4.63. The Morgan fingerprint density at radius 3 is 2.78 bits per heavy atom. The number of fused-ring (bicyclic) bond motifs is 1. The van der Waals surface area contributed by atoms with Crippen LogP contribution in [0.4, 0.5) is 5.69 Å². The predicted molar refractivity (Wildman–Crippen MR) is 97.4 cm³/mol. The summed E-state index contributed by atoms with van der Waals surface area (Å²) in [7, 11) is 0. The first-order chi connectivity index (χ1) is 11.1. The number of thiophene rings is 1. The molecule has 0 aliphatic carbocycles. The molecule has 2 heterocycles. The van der Waals surface area contributed by atoms with Crippen molar-refractivity contribution in [1.29, 1.82) is 0 Å². The summed E-state index contributed by atoms with van der Waals surface area (Å²) >= 11 is 3.12. The maximum Gasteiger partial charge on any atom is 0.234 e. The molecule has 6 heteroatoms. The number of aromatic nitrogens is 2. The van der Waals surface area contributed by atoms with Gasteiger partial charge in [0.2, 0.25) is 5.91 Å². The highest BCUT2D eigenvalue weighted by Crippen LogP contribution is 2.34. The number of hydrogen-bond donors (Lipinski definition) is 1. The molecule has 2 aromatic heterocycles. The van der Waals surface area contributed by atoms with E-state index in [1.807, 2.05) is 31.2 Å². The molecule has 0 spiro atoms. The minimum Gasteiger partial charge on any atom is -0.325 e. The first-order valence-electron chi connectivity index (χ1n) is 7.25. The quantitative estimate of drug-likeness (QED) is 0.565. The van der Waals surface area contributed by atoms with Crippen LogP contribution in [0, 0.1) is 20.8 Å². The van der Waals surface area contributed by atoms with Crippen molar-refractivity contribution in [3.05, 3.63) is 46.6 Å². The van der Waals surface area contributed by atoms with Crippen molar-refractivity contribution < 1.29 is 4.79 Å². The number of benzene rings is 1. The maximum absolute atomic E-state index is 12.2. The van der Waals surface area contributed by atoms with Crippen LogP contribution in [-0.4, -0.2) is 21.6 Å². The Labute approximate surface area is 143 Å². The minimum atomic E-state index is -0.0272.